The average molecular weight is 391 g/mol. The first kappa shape index (κ1) is 21.5. The molecule has 0 saturated carbocycles. The first-order valence-corrected chi connectivity index (χ1v) is 9.24. The van der Waals surface area contributed by atoms with Gasteiger partial charge in [-0.05, 0) is 17.9 Å². The molecule has 0 amide bonds. The topological polar surface area (TPSA) is 91.4 Å². The molecule has 0 aromatic carbocycles. The number of imidazole rings is 1. The van der Waals surface area contributed by atoms with Crippen LogP contribution in [0.15, 0.2) is 15.7 Å². The predicted octanol–water partition coefficient (Wildman–Crippen LogP) is 1.54. The van der Waals surface area contributed by atoms with Gasteiger partial charge in [-0.3, -0.25) is 18.7 Å². The summed E-state index contributed by atoms with van der Waals surface area (Å²) in [6.45, 7) is 7.74. The molecule has 0 spiro atoms. The lowest BCUT2D eigenvalue weighted by Crippen LogP contribution is -2.37. The van der Waals surface area contributed by atoms with Gasteiger partial charge in [0, 0.05) is 34.6 Å². The average Bonchev–Trinajstić information content (AvgIpc) is 2.97. The highest BCUT2D eigenvalue weighted by molar-refractivity contribution is 5.82. The molecule has 28 heavy (non-hydrogen) atoms. The summed E-state index contributed by atoms with van der Waals surface area (Å²) >= 11 is 0. The molecule has 9 nitrogen and oxygen atoms in total. The van der Waals surface area contributed by atoms with E-state index in [1.54, 1.807) is 32.1 Å². The van der Waals surface area contributed by atoms with E-state index in [-0.39, 0.29) is 35.3 Å². The second-order valence-electron chi connectivity index (χ2n) is 7.84. The summed E-state index contributed by atoms with van der Waals surface area (Å²) in [5, 5.41) is 0. The lowest BCUT2D eigenvalue weighted by Gasteiger charge is -2.18. The van der Waals surface area contributed by atoms with E-state index < -0.39 is 17.2 Å². The number of aromatic nitrogens is 4. The van der Waals surface area contributed by atoms with Crippen molar-refractivity contribution in [2.45, 2.75) is 34.1 Å². The maximum absolute atomic E-state index is 12.9. The van der Waals surface area contributed by atoms with Crippen LogP contribution in [-0.2, 0) is 23.6 Å². The third kappa shape index (κ3) is 4.02. The maximum Gasteiger partial charge on any atom is 0.332 e. The van der Waals surface area contributed by atoms with Crippen molar-refractivity contribution in [3.05, 3.63) is 26.9 Å². The number of rotatable bonds is 6. The molecule has 0 radical (unpaired) electrons. The molecule has 154 valence electrons. The minimum atomic E-state index is -0.506. The third-order valence-corrected chi connectivity index (χ3v) is 4.13. The second kappa shape index (κ2) is 8.04. The third-order valence-electron chi connectivity index (χ3n) is 4.13. The van der Waals surface area contributed by atoms with E-state index in [0.717, 1.165) is 4.57 Å². The quantitative estimate of drug-likeness (QED) is 0.548. The van der Waals surface area contributed by atoms with Gasteiger partial charge < -0.3 is 9.64 Å². The van der Waals surface area contributed by atoms with Gasteiger partial charge in [-0.25, -0.2) is 9.36 Å². The molecule has 0 aliphatic rings. The van der Waals surface area contributed by atoms with Gasteiger partial charge in [-0.2, -0.15) is 4.98 Å². The second-order valence-corrected chi connectivity index (χ2v) is 7.84. The molecule has 0 saturated heterocycles. The number of hydrogen-bond donors (Lipinski definition) is 0. The fourth-order valence-corrected chi connectivity index (χ4v) is 2.82. The minimum absolute atomic E-state index is 0.0469. The number of carbonyl (C=O) groups excluding carboxylic acids is 1. The molecule has 0 bridgehead atoms. The van der Waals surface area contributed by atoms with E-state index in [1.165, 1.54) is 16.2 Å². The van der Waals surface area contributed by atoms with E-state index in [2.05, 4.69) is 4.98 Å². The smallest absolute Gasteiger partial charge is 0.332 e. The molecule has 0 aliphatic carbocycles. The Balaban J connectivity index is 2.87. The molecule has 2 heterocycles. The first-order chi connectivity index (χ1) is 13.0. The Morgan fingerprint density at radius 2 is 1.75 bits per heavy atom. The number of aryl methyl sites for hydroxylation is 1. The van der Waals surface area contributed by atoms with Crippen LogP contribution in [-0.4, -0.2) is 38.7 Å². The largest absolute Gasteiger partial charge is 0.409 e. The van der Waals surface area contributed by atoms with E-state index >= 15 is 0 Å². The zero-order valence-corrected chi connectivity index (χ0v) is 17.8. The van der Waals surface area contributed by atoms with Gasteiger partial charge in [-0.1, -0.05) is 27.7 Å². The number of carbonyl (C=O) groups is 1. The van der Waals surface area contributed by atoms with Crippen molar-refractivity contribution >= 4 is 29.0 Å². The van der Waals surface area contributed by atoms with Crippen LogP contribution in [0.25, 0.3) is 17.0 Å². The lowest BCUT2D eigenvalue weighted by atomic mass is 10.1. The fourth-order valence-electron chi connectivity index (χ4n) is 2.82. The number of esters is 1. The molecule has 0 atom stereocenters. The Kier molecular flexibility index (Phi) is 6.16. The van der Waals surface area contributed by atoms with Crippen LogP contribution in [0.2, 0.25) is 0 Å². The number of anilines is 1. The van der Waals surface area contributed by atoms with E-state index in [1.807, 2.05) is 27.7 Å². The Labute approximate surface area is 163 Å². The summed E-state index contributed by atoms with van der Waals surface area (Å²) < 4.78 is 9.50. The summed E-state index contributed by atoms with van der Waals surface area (Å²) in [6, 6.07) is 0. The van der Waals surface area contributed by atoms with Crippen molar-refractivity contribution in [2.24, 2.45) is 25.9 Å². The van der Waals surface area contributed by atoms with Gasteiger partial charge in [0.05, 0.1) is 0 Å². The van der Waals surface area contributed by atoms with Crippen LogP contribution < -0.4 is 16.1 Å². The summed E-state index contributed by atoms with van der Waals surface area (Å²) in [4.78, 5) is 43.8. The van der Waals surface area contributed by atoms with Gasteiger partial charge in [0.2, 0.25) is 11.8 Å². The van der Waals surface area contributed by atoms with Crippen molar-refractivity contribution in [3.8, 4) is 0 Å². The van der Waals surface area contributed by atoms with Crippen molar-refractivity contribution < 1.29 is 9.53 Å². The summed E-state index contributed by atoms with van der Waals surface area (Å²) in [5.41, 5.74) is -0.573. The zero-order valence-electron chi connectivity index (χ0n) is 17.8. The van der Waals surface area contributed by atoms with Gasteiger partial charge >= 0.3 is 11.7 Å². The minimum Gasteiger partial charge on any atom is -0.409 e. The van der Waals surface area contributed by atoms with Gasteiger partial charge in [0.25, 0.3) is 5.56 Å². The van der Waals surface area contributed by atoms with E-state index in [9.17, 15) is 14.4 Å². The van der Waals surface area contributed by atoms with Crippen molar-refractivity contribution in [3.63, 3.8) is 0 Å². The molecular weight excluding hydrogens is 362 g/mol. The molecule has 0 aliphatic heterocycles. The normalized spacial score (nSPS) is 12.3. The summed E-state index contributed by atoms with van der Waals surface area (Å²) in [5.74, 6) is 0.385. The SMILES string of the molecule is CC(C)/C=C(\OC(=O)CC(C)C)n1c(N(C)C)nc2c1c(=O)n(C)c(=O)n2C. The van der Waals surface area contributed by atoms with Crippen LogP contribution >= 0.6 is 0 Å². The molecular formula is C19H29N5O4. The Hall–Kier alpha value is -2.84. The van der Waals surface area contributed by atoms with Gasteiger partial charge in [0.15, 0.2) is 11.2 Å². The number of hydrogen-bond acceptors (Lipinski definition) is 6. The summed E-state index contributed by atoms with van der Waals surface area (Å²) in [6.07, 6.45) is 2.01. The van der Waals surface area contributed by atoms with Crippen LogP contribution in [0, 0.1) is 11.8 Å². The Morgan fingerprint density at radius 3 is 2.25 bits per heavy atom. The standard InChI is InChI=1S/C19H29N5O4/c1-11(2)9-13(28-14(25)10-12(3)4)24-15-16(20-18(24)21(5)6)22(7)19(27)23(8)17(15)26/h9,11-12H,10H2,1-8H3/b13-9-. The number of nitrogens with zero attached hydrogens (tertiary/aromatic N) is 5. The van der Waals surface area contributed by atoms with Gasteiger partial charge in [0.1, 0.15) is 0 Å². The maximum atomic E-state index is 12.9. The molecule has 2 aromatic heterocycles. The molecule has 0 N–H and O–H groups in total. The van der Waals surface area contributed by atoms with Crippen LogP contribution in [0.1, 0.15) is 34.1 Å². The van der Waals surface area contributed by atoms with E-state index in [0.29, 0.717) is 5.95 Å². The van der Waals surface area contributed by atoms with E-state index in [4.69, 9.17) is 4.74 Å². The van der Waals surface area contributed by atoms with Crippen LogP contribution in [0.3, 0.4) is 0 Å². The molecule has 2 aromatic rings. The number of fused-ring (bicyclic) bond motifs is 1. The first-order valence-electron chi connectivity index (χ1n) is 9.24. The number of allylic oxidation sites excluding steroid dienone is 1. The van der Waals surface area contributed by atoms with Crippen molar-refractivity contribution in [2.75, 3.05) is 19.0 Å². The Morgan fingerprint density at radius 1 is 1.14 bits per heavy atom. The summed E-state index contributed by atoms with van der Waals surface area (Å²) in [7, 11) is 6.50. The highest BCUT2D eigenvalue weighted by atomic mass is 16.5. The van der Waals surface area contributed by atoms with Crippen LogP contribution in [0.5, 0.6) is 0 Å². The van der Waals surface area contributed by atoms with Crippen LogP contribution in [0.4, 0.5) is 5.95 Å². The fraction of sp³-hybridized carbons (Fsp3) is 0.579. The zero-order chi connectivity index (χ0) is 21.3. The highest BCUT2D eigenvalue weighted by Gasteiger charge is 2.25. The van der Waals surface area contributed by atoms with Crippen molar-refractivity contribution in [1.82, 2.24) is 18.7 Å². The monoisotopic (exact) mass is 391 g/mol. The highest BCUT2D eigenvalue weighted by Crippen LogP contribution is 2.25. The number of ether oxygens (including phenoxy) is 1. The lowest BCUT2D eigenvalue weighted by molar-refractivity contribution is -0.137. The van der Waals surface area contributed by atoms with Crippen molar-refractivity contribution in [1.29, 1.82) is 0 Å². The Bertz CT molecular complexity index is 1040. The molecule has 0 fully saturated rings. The van der Waals surface area contributed by atoms with Gasteiger partial charge in [-0.15, -0.1) is 0 Å². The molecule has 0 unspecified atom stereocenters. The molecule has 9 heteroatoms. The predicted molar refractivity (Wildman–Crippen MR) is 109 cm³/mol. The molecule has 2 rings (SSSR count).